The van der Waals surface area contributed by atoms with E-state index in [0.29, 0.717) is 11.4 Å². The molecule has 6 heteroatoms. The van der Waals surface area contributed by atoms with E-state index in [1.165, 1.54) is 0 Å². The van der Waals surface area contributed by atoms with Crippen LogP contribution in [0.25, 0.3) is 0 Å². The Morgan fingerprint density at radius 1 is 1.50 bits per heavy atom. The minimum atomic E-state index is -0.329. The summed E-state index contributed by atoms with van der Waals surface area (Å²) >= 11 is 5.03. The predicted molar refractivity (Wildman–Crippen MR) is 74.4 cm³/mol. The molecule has 0 aliphatic carbocycles. The number of pyridine rings is 1. The number of amides is 1. The van der Waals surface area contributed by atoms with Gasteiger partial charge >= 0.3 is 0 Å². The third-order valence-corrected chi connectivity index (χ3v) is 3.35. The molecule has 1 fully saturated rings. The lowest BCUT2D eigenvalue weighted by Crippen LogP contribution is -2.41. The summed E-state index contributed by atoms with van der Waals surface area (Å²) in [5.74, 6) is 0.341. The van der Waals surface area contributed by atoms with Crippen LogP contribution >= 0.6 is 12.2 Å². The van der Waals surface area contributed by atoms with Gasteiger partial charge in [-0.2, -0.15) is 0 Å². The van der Waals surface area contributed by atoms with Gasteiger partial charge in [-0.25, -0.2) is 4.98 Å². The molecule has 1 aromatic rings. The van der Waals surface area contributed by atoms with Gasteiger partial charge in [0.1, 0.15) is 16.8 Å². The van der Waals surface area contributed by atoms with Gasteiger partial charge in [-0.15, -0.1) is 0 Å². The molecule has 0 spiro atoms. The maximum Gasteiger partial charge on any atom is 0.240 e. The lowest BCUT2D eigenvalue weighted by Gasteiger charge is -2.25. The topological polar surface area (TPSA) is 85.2 Å². The Kier molecular flexibility index (Phi) is 3.47. The van der Waals surface area contributed by atoms with E-state index in [9.17, 15) is 4.79 Å². The van der Waals surface area contributed by atoms with Gasteiger partial charge in [-0.3, -0.25) is 4.79 Å². The molecular formula is C12H16N4OS. The number of rotatable bonds is 3. The highest BCUT2D eigenvalue weighted by molar-refractivity contribution is 7.80. The summed E-state index contributed by atoms with van der Waals surface area (Å²) in [7, 11) is 0. The van der Waals surface area contributed by atoms with Gasteiger partial charge in [0.05, 0.1) is 5.56 Å². The lowest BCUT2D eigenvalue weighted by atomic mass is 10.2. The SMILES string of the molecule is Cc1ccc(C(N)=S)c(N2CCCC2C(N)=O)n1. The zero-order chi connectivity index (χ0) is 13.3. The second kappa shape index (κ2) is 4.89. The molecule has 1 aromatic heterocycles. The minimum Gasteiger partial charge on any atom is -0.389 e. The molecule has 1 amide bonds. The average Bonchev–Trinajstić information content (AvgIpc) is 2.77. The first-order valence-electron chi connectivity index (χ1n) is 5.84. The maximum atomic E-state index is 11.4. The third kappa shape index (κ3) is 2.28. The molecule has 1 unspecified atom stereocenters. The van der Waals surface area contributed by atoms with Crippen molar-refractivity contribution in [3.8, 4) is 0 Å². The van der Waals surface area contributed by atoms with Crippen LogP contribution in [0.4, 0.5) is 5.82 Å². The van der Waals surface area contributed by atoms with Crippen molar-refractivity contribution >= 4 is 28.9 Å². The van der Waals surface area contributed by atoms with E-state index in [-0.39, 0.29) is 16.9 Å². The van der Waals surface area contributed by atoms with Gasteiger partial charge in [0.25, 0.3) is 0 Å². The van der Waals surface area contributed by atoms with Crippen LogP contribution in [0.5, 0.6) is 0 Å². The molecule has 1 saturated heterocycles. The monoisotopic (exact) mass is 264 g/mol. The van der Waals surface area contributed by atoms with Crippen molar-refractivity contribution in [1.82, 2.24) is 4.98 Å². The van der Waals surface area contributed by atoms with Gasteiger partial charge in [-0.1, -0.05) is 12.2 Å². The van der Waals surface area contributed by atoms with Crippen LogP contribution in [-0.2, 0) is 4.79 Å². The van der Waals surface area contributed by atoms with Crippen molar-refractivity contribution in [2.45, 2.75) is 25.8 Å². The van der Waals surface area contributed by atoms with Gasteiger partial charge in [0, 0.05) is 12.2 Å². The van der Waals surface area contributed by atoms with E-state index in [4.69, 9.17) is 23.7 Å². The molecule has 0 aromatic carbocycles. The van der Waals surface area contributed by atoms with Gasteiger partial charge in [0.2, 0.25) is 5.91 Å². The van der Waals surface area contributed by atoms with Crippen LogP contribution in [-0.4, -0.2) is 28.5 Å². The number of aromatic nitrogens is 1. The molecule has 0 saturated carbocycles. The first-order valence-corrected chi connectivity index (χ1v) is 6.25. The fourth-order valence-corrected chi connectivity index (χ4v) is 2.43. The van der Waals surface area contributed by atoms with E-state index in [0.717, 1.165) is 25.1 Å². The number of aryl methyl sites for hydroxylation is 1. The highest BCUT2D eigenvalue weighted by atomic mass is 32.1. The molecule has 96 valence electrons. The first kappa shape index (κ1) is 12.8. The van der Waals surface area contributed by atoms with Crippen LogP contribution in [0.2, 0.25) is 0 Å². The summed E-state index contributed by atoms with van der Waals surface area (Å²) in [4.78, 5) is 18.1. The summed E-state index contributed by atoms with van der Waals surface area (Å²) in [6, 6.07) is 3.39. The molecular weight excluding hydrogens is 248 g/mol. The van der Waals surface area contributed by atoms with E-state index >= 15 is 0 Å². The van der Waals surface area contributed by atoms with Crippen LogP contribution in [0.1, 0.15) is 24.1 Å². The molecule has 0 bridgehead atoms. The van der Waals surface area contributed by atoms with E-state index in [1.807, 2.05) is 24.0 Å². The average molecular weight is 264 g/mol. The number of anilines is 1. The molecule has 1 aliphatic heterocycles. The second-order valence-electron chi connectivity index (χ2n) is 4.44. The highest BCUT2D eigenvalue weighted by Crippen LogP contribution is 2.27. The number of carbonyl (C=O) groups excluding carboxylic acids is 1. The quantitative estimate of drug-likeness (QED) is 0.776. The van der Waals surface area contributed by atoms with E-state index in [2.05, 4.69) is 4.98 Å². The smallest absolute Gasteiger partial charge is 0.240 e. The number of nitrogens with zero attached hydrogens (tertiary/aromatic N) is 2. The van der Waals surface area contributed by atoms with Crippen molar-refractivity contribution in [3.63, 3.8) is 0 Å². The normalized spacial score (nSPS) is 18.9. The first-order chi connectivity index (χ1) is 8.50. The summed E-state index contributed by atoms with van der Waals surface area (Å²) in [5.41, 5.74) is 12.7. The van der Waals surface area contributed by atoms with Crippen molar-refractivity contribution in [1.29, 1.82) is 0 Å². The number of nitrogens with two attached hydrogens (primary N) is 2. The Labute approximate surface area is 111 Å². The fourth-order valence-electron chi connectivity index (χ4n) is 2.27. The number of thiocarbonyl (C=S) groups is 1. The van der Waals surface area contributed by atoms with Gasteiger partial charge < -0.3 is 16.4 Å². The molecule has 4 N–H and O–H groups in total. The standard InChI is InChI=1S/C12H16N4OS/c1-7-4-5-8(11(14)18)12(15-7)16-6-2-3-9(16)10(13)17/h4-5,9H,2-3,6H2,1H3,(H2,13,17)(H2,14,18). The van der Waals surface area contributed by atoms with E-state index < -0.39 is 0 Å². The zero-order valence-electron chi connectivity index (χ0n) is 10.2. The molecule has 18 heavy (non-hydrogen) atoms. The summed E-state index contributed by atoms with van der Waals surface area (Å²) in [6.45, 7) is 2.64. The molecule has 5 nitrogen and oxygen atoms in total. The van der Waals surface area contributed by atoms with Crippen molar-refractivity contribution in [2.75, 3.05) is 11.4 Å². The summed E-state index contributed by atoms with van der Waals surface area (Å²) in [5, 5.41) is 0. The molecule has 2 rings (SSSR count). The van der Waals surface area contributed by atoms with Crippen molar-refractivity contribution < 1.29 is 4.79 Å². The second-order valence-corrected chi connectivity index (χ2v) is 4.88. The zero-order valence-corrected chi connectivity index (χ0v) is 11.0. The minimum absolute atomic E-state index is 0.285. The Balaban J connectivity index is 2.46. The van der Waals surface area contributed by atoms with Crippen molar-refractivity contribution in [3.05, 3.63) is 23.4 Å². The molecule has 0 radical (unpaired) electrons. The third-order valence-electron chi connectivity index (χ3n) is 3.13. The summed E-state index contributed by atoms with van der Waals surface area (Å²) < 4.78 is 0. The van der Waals surface area contributed by atoms with Crippen LogP contribution in [0.3, 0.4) is 0 Å². The molecule has 1 aliphatic rings. The van der Waals surface area contributed by atoms with Gasteiger partial charge in [0.15, 0.2) is 0 Å². The van der Waals surface area contributed by atoms with Crippen molar-refractivity contribution in [2.24, 2.45) is 11.5 Å². The predicted octanol–water partition coefficient (Wildman–Crippen LogP) is 0.478. The maximum absolute atomic E-state index is 11.4. The molecule has 1 atom stereocenters. The number of hydrogen-bond acceptors (Lipinski definition) is 4. The Hall–Kier alpha value is -1.69. The van der Waals surface area contributed by atoms with Crippen LogP contribution < -0.4 is 16.4 Å². The van der Waals surface area contributed by atoms with E-state index in [1.54, 1.807) is 0 Å². The number of hydrogen-bond donors (Lipinski definition) is 2. The Morgan fingerprint density at radius 3 is 2.83 bits per heavy atom. The Bertz CT molecular complexity index is 503. The summed E-state index contributed by atoms with van der Waals surface area (Å²) in [6.07, 6.45) is 1.67. The van der Waals surface area contributed by atoms with Crippen LogP contribution in [0.15, 0.2) is 12.1 Å². The molecule has 2 heterocycles. The number of primary amides is 1. The Morgan fingerprint density at radius 2 is 2.22 bits per heavy atom. The number of carbonyl (C=O) groups is 1. The van der Waals surface area contributed by atoms with Crippen LogP contribution in [0, 0.1) is 6.92 Å². The fraction of sp³-hybridized carbons (Fsp3) is 0.417. The highest BCUT2D eigenvalue weighted by Gasteiger charge is 2.31. The lowest BCUT2D eigenvalue weighted by molar-refractivity contribution is -0.119. The van der Waals surface area contributed by atoms with Gasteiger partial charge in [-0.05, 0) is 31.9 Å². The largest absolute Gasteiger partial charge is 0.389 e.